The van der Waals surface area contributed by atoms with Crippen LogP contribution in [-0.4, -0.2) is 29.7 Å². The molecule has 0 radical (unpaired) electrons. The number of anilines is 1. The highest BCUT2D eigenvalue weighted by Gasteiger charge is 2.12. The zero-order valence-corrected chi connectivity index (χ0v) is 16.3. The molecule has 3 aromatic rings. The predicted molar refractivity (Wildman–Crippen MR) is 110 cm³/mol. The van der Waals surface area contributed by atoms with Gasteiger partial charge < -0.3 is 19.4 Å². The number of nitrogens with one attached hydrogen (secondary N) is 1. The van der Waals surface area contributed by atoms with Crippen molar-refractivity contribution in [3.05, 3.63) is 70.6 Å². The van der Waals surface area contributed by atoms with Crippen molar-refractivity contribution < 1.29 is 19.1 Å². The Morgan fingerprint density at radius 3 is 2.62 bits per heavy atom. The fourth-order valence-corrected chi connectivity index (χ4v) is 2.96. The van der Waals surface area contributed by atoms with Gasteiger partial charge in [0.25, 0.3) is 5.56 Å². The van der Waals surface area contributed by atoms with Gasteiger partial charge in [-0.3, -0.25) is 9.59 Å². The lowest BCUT2D eigenvalue weighted by Gasteiger charge is -2.11. The van der Waals surface area contributed by atoms with Gasteiger partial charge in [-0.05, 0) is 49.7 Å². The molecule has 0 atom stereocenters. The third-order valence-electron chi connectivity index (χ3n) is 4.25. The number of hydrogen-bond acceptors (Lipinski definition) is 5. The summed E-state index contributed by atoms with van der Waals surface area (Å²) >= 11 is 0. The summed E-state index contributed by atoms with van der Waals surface area (Å²) in [5.41, 5.74) is 1.39. The van der Waals surface area contributed by atoms with Crippen LogP contribution in [0.15, 0.2) is 59.5 Å². The molecule has 0 saturated heterocycles. The molecular weight excluding hydrogens is 372 g/mol. The van der Waals surface area contributed by atoms with Crippen molar-refractivity contribution in [2.45, 2.75) is 20.4 Å². The Morgan fingerprint density at radius 1 is 1.07 bits per heavy atom. The van der Waals surface area contributed by atoms with Crippen LogP contribution in [0, 0.1) is 6.92 Å². The van der Waals surface area contributed by atoms with Crippen LogP contribution in [0.5, 0.6) is 5.75 Å². The first-order valence-electron chi connectivity index (χ1n) is 9.25. The summed E-state index contributed by atoms with van der Waals surface area (Å²) in [5, 5.41) is 3.75. The molecule has 1 N–H and O–H groups in total. The maximum atomic E-state index is 12.8. The van der Waals surface area contributed by atoms with Crippen LogP contribution in [0.1, 0.15) is 12.5 Å². The highest BCUT2D eigenvalue weighted by Crippen LogP contribution is 2.23. The van der Waals surface area contributed by atoms with E-state index < -0.39 is 5.97 Å². The van der Waals surface area contributed by atoms with Gasteiger partial charge in [0.15, 0.2) is 6.61 Å². The van der Waals surface area contributed by atoms with Crippen LogP contribution in [-0.2, 0) is 20.9 Å². The predicted octanol–water partition coefficient (Wildman–Crippen LogP) is 2.89. The third kappa shape index (κ3) is 5.01. The molecule has 0 unspecified atom stereocenters. The van der Waals surface area contributed by atoms with Crippen molar-refractivity contribution >= 4 is 28.3 Å². The van der Waals surface area contributed by atoms with Crippen molar-refractivity contribution in [2.75, 3.05) is 18.5 Å². The summed E-state index contributed by atoms with van der Waals surface area (Å²) in [7, 11) is 0. The average Bonchev–Trinajstić information content (AvgIpc) is 2.69. The number of fused-ring (bicyclic) bond motifs is 1. The van der Waals surface area contributed by atoms with E-state index in [1.54, 1.807) is 37.3 Å². The molecule has 2 aromatic carbocycles. The van der Waals surface area contributed by atoms with E-state index in [2.05, 4.69) is 5.32 Å². The quantitative estimate of drug-likeness (QED) is 0.623. The van der Waals surface area contributed by atoms with Crippen molar-refractivity contribution in [3.8, 4) is 5.75 Å². The van der Waals surface area contributed by atoms with Crippen molar-refractivity contribution in [3.63, 3.8) is 0 Å². The molecular formula is C22H22N2O5. The maximum Gasteiger partial charge on any atom is 0.344 e. The van der Waals surface area contributed by atoms with Crippen LogP contribution in [0.2, 0.25) is 0 Å². The maximum absolute atomic E-state index is 12.8. The zero-order chi connectivity index (χ0) is 20.8. The number of carbonyl (C=O) groups excluding carboxylic acids is 2. The molecule has 0 aliphatic carbocycles. The minimum Gasteiger partial charge on any atom is -0.481 e. The van der Waals surface area contributed by atoms with E-state index in [1.807, 2.05) is 25.1 Å². The molecule has 1 heterocycles. The zero-order valence-electron chi connectivity index (χ0n) is 16.3. The molecule has 0 bridgehead atoms. The van der Waals surface area contributed by atoms with Gasteiger partial charge in [0.1, 0.15) is 12.3 Å². The number of nitrogens with zero attached hydrogens (tertiary/aromatic N) is 1. The summed E-state index contributed by atoms with van der Waals surface area (Å²) < 4.78 is 11.7. The summed E-state index contributed by atoms with van der Waals surface area (Å²) in [6.07, 6.45) is 1.54. The lowest BCUT2D eigenvalue weighted by molar-refractivity contribution is -0.145. The van der Waals surface area contributed by atoms with Gasteiger partial charge in [-0.2, -0.15) is 0 Å². The standard InChI is InChI=1S/C22H22N2O5/c1-3-28-21(26)14-29-19-9-5-8-18-17(19)10-11-24(22(18)27)13-20(25)23-16-7-4-6-15(2)12-16/h4-12H,3,13-14H2,1-2H3,(H,23,25). The third-order valence-corrected chi connectivity index (χ3v) is 4.25. The second-order valence-corrected chi connectivity index (χ2v) is 6.48. The van der Waals surface area contributed by atoms with Crippen LogP contribution >= 0.6 is 0 Å². The van der Waals surface area contributed by atoms with E-state index in [1.165, 1.54) is 10.8 Å². The number of rotatable bonds is 7. The van der Waals surface area contributed by atoms with Gasteiger partial charge >= 0.3 is 5.97 Å². The largest absolute Gasteiger partial charge is 0.481 e. The molecule has 0 aliphatic heterocycles. The molecule has 3 rings (SSSR count). The fraction of sp³-hybridized carbons (Fsp3) is 0.227. The molecule has 0 spiro atoms. The minimum absolute atomic E-state index is 0.114. The van der Waals surface area contributed by atoms with Gasteiger partial charge in [-0.1, -0.05) is 18.2 Å². The molecule has 1 aromatic heterocycles. The van der Waals surface area contributed by atoms with E-state index in [-0.39, 0.29) is 31.2 Å². The SMILES string of the molecule is CCOC(=O)COc1cccc2c(=O)n(CC(=O)Nc3cccc(C)c3)ccc12. The monoisotopic (exact) mass is 394 g/mol. The number of carbonyl (C=O) groups is 2. The van der Waals surface area contributed by atoms with Crippen LogP contribution in [0.3, 0.4) is 0 Å². The first kappa shape index (κ1) is 20.1. The molecule has 1 amide bonds. The van der Waals surface area contributed by atoms with E-state index in [0.717, 1.165) is 5.56 Å². The topological polar surface area (TPSA) is 86.6 Å². The summed E-state index contributed by atoms with van der Waals surface area (Å²) in [5.74, 6) is -0.374. The van der Waals surface area contributed by atoms with E-state index >= 15 is 0 Å². The minimum atomic E-state index is -0.481. The average molecular weight is 394 g/mol. The van der Waals surface area contributed by atoms with Gasteiger partial charge in [0.05, 0.1) is 12.0 Å². The molecule has 150 valence electrons. The Bertz CT molecular complexity index is 1100. The highest BCUT2D eigenvalue weighted by atomic mass is 16.6. The van der Waals surface area contributed by atoms with Gasteiger partial charge in [-0.15, -0.1) is 0 Å². The second kappa shape index (κ2) is 9.05. The van der Waals surface area contributed by atoms with Gasteiger partial charge in [0.2, 0.25) is 5.91 Å². The first-order valence-corrected chi connectivity index (χ1v) is 9.25. The number of pyridine rings is 1. The normalized spacial score (nSPS) is 10.6. The van der Waals surface area contributed by atoms with Crippen LogP contribution in [0.25, 0.3) is 10.8 Å². The molecule has 7 heteroatoms. The van der Waals surface area contributed by atoms with Crippen molar-refractivity contribution in [2.24, 2.45) is 0 Å². The van der Waals surface area contributed by atoms with Crippen molar-refractivity contribution in [1.82, 2.24) is 4.57 Å². The van der Waals surface area contributed by atoms with E-state index in [4.69, 9.17) is 9.47 Å². The molecule has 29 heavy (non-hydrogen) atoms. The Kier molecular flexibility index (Phi) is 6.29. The molecule has 0 aliphatic rings. The highest BCUT2D eigenvalue weighted by molar-refractivity contribution is 5.91. The Balaban J connectivity index is 1.78. The number of aromatic nitrogens is 1. The molecule has 0 fully saturated rings. The Hall–Kier alpha value is -3.61. The number of amides is 1. The van der Waals surface area contributed by atoms with E-state index in [0.29, 0.717) is 22.2 Å². The van der Waals surface area contributed by atoms with Crippen LogP contribution in [0.4, 0.5) is 5.69 Å². The summed E-state index contributed by atoms with van der Waals surface area (Å²) in [6, 6.07) is 14.1. The first-order chi connectivity index (χ1) is 14.0. The Morgan fingerprint density at radius 2 is 1.86 bits per heavy atom. The van der Waals surface area contributed by atoms with Gasteiger partial charge in [-0.25, -0.2) is 4.79 Å². The number of benzene rings is 2. The fourth-order valence-electron chi connectivity index (χ4n) is 2.96. The summed E-state index contributed by atoms with van der Waals surface area (Å²) in [6.45, 7) is 3.57. The molecule has 7 nitrogen and oxygen atoms in total. The number of aryl methyl sites for hydroxylation is 1. The van der Waals surface area contributed by atoms with E-state index in [9.17, 15) is 14.4 Å². The number of hydrogen-bond donors (Lipinski definition) is 1. The number of esters is 1. The van der Waals surface area contributed by atoms with Crippen LogP contribution < -0.4 is 15.6 Å². The smallest absolute Gasteiger partial charge is 0.344 e. The van der Waals surface area contributed by atoms with Crippen molar-refractivity contribution in [1.29, 1.82) is 0 Å². The molecule has 0 saturated carbocycles. The Labute approximate surface area is 167 Å². The number of ether oxygens (including phenoxy) is 2. The summed E-state index contributed by atoms with van der Waals surface area (Å²) in [4.78, 5) is 36.6. The lowest BCUT2D eigenvalue weighted by atomic mass is 10.1. The lowest BCUT2D eigenvalue weighted by Crippen LogP contribution is -2.27. The van der Waals surface area contributed by atoms with Gasteiger partial charge in [0, 0.05) is 17.3 Å². The second-order valence-electron chi connectivity index (χ2n) is 6.48.